The Kier molecular flexibility index (Phi) is 4.43. The van der Waals surface area contributed by atoms with Crippen LogP contribution in [-0.2, 0) is 4.79 Å². The molecule has 10 nitrogen and oxygen atoms in total. The highest BCUT2D eigenvalue weighted by molar-refractivity contribution is 7.99. The van der Waals surface area contributed by atoms with Gasteiger partial charge in [0.2, 0.25) is 11.1 Å². The van der Waals surface area contributed by atoms with E-state index >= 15 is 0 Å². The van der Waals surface area contributed by atoms with E-state index in [1.807, 2.05) is 31.0 Å². The molecule has 3 heterocycles. The molecule has 3 aromatic heterocycles. The van der Waals surface area contributed by atoms with Gasteiger partial charge >= 0.3 is 5.69 Å². The smallest absolute Gasteiger partial charge is 0.325 e. The first kappa shape index (κ1) is 17.9. The Balaban J connectivity index is 1.53. The molecule has 0 atom stereocenters. The van der Waals surface area contributed by atoms with Crippen molar-refractivity contribution in [3.63, 3.8) is 0 Å². The summed E-state index contributed by atoms with van der Waals surface area (Å²) in [7, 11) is 0. The second-order valence-corrected chi connectivity index (χ2v) is 7.13. The summed E-state index contributed by atoms with van der Waals surface area (Å²) in [5.74, 6) is -0.459. The molecule has 4 rings (SSSR count). The molecule has 0 aliphatic rings. The van der Waals surface area contributed by atoms with E-state index in [0.717, 1.165) is 40.0 Å². The molecule has 0 saturated heterocycles. The maximum atomic E-state index is 12.1. The number of hydrogen-bond acceptors (Lipinski definition) is 7. The zero-order chi connectivity index (χ0) is 19.8. The lowest BCUT2D eigenvalue weighted by atomic mass is 10.1. The quantitative estimate of drug-likeness (QED) is 0.378. The summed E-state index contributed by atoms with van der Waals surface area (Å²) < 4.78 is 0. The van der Waals surface area contributed by atoms with Crippen molar-refractivity contribution in [3.8, 4) is 0 Å². The van der Waals surface area contributed by atoms with Crippen molar-refractivity contribution in [2.24, 2.45) is 0 Å². The minimum absolute atomic E-state index is 0.0238. The van der Waals surface area contributed by atoms with Gasteiger partial charge in [-0.25, -0.2) is 9.78 Å². The number of anilines is 1. The average molecular weight is 397 g/mol. The van der Waals surface area contributed by atoms with Crippen LogP contribution in [0.15, 0.2) is 33.1 Å². The van der Waals surface area contributed by atoms with Gasteiger partial charge in [0.05, 0.1) is 11.3 Å². The van der Waals surface area contributed by atoms with E-state index in [0.29, 0.717) is 16.3 Å². The molecule has 0 saturated carbocycles. The van der Waals surface area contributed by atoms with E-state index in [1.165, 1.54) is 0 Å². The average Bonchev–Trinajstić information content (AvgIpc) is 3.05. The van der Waals surface area contributed by atoms with Gasteiger partial charge in [0.15, 0.2) is 5.65 Å². The third-order valence-electron chi connectivity index (χ3n) is 4.20. The molecule has 4 aromatic rings. The van der Waals surface area contributed by atoms with Crippen LogP contribution in [-0.4, -0.2) is 41.8 Å². The molecule has 0 unspecified atom stereocenters. The summed E-state index contributed by atoms with van der Waals surface area (Å²) >= 11 is 1.09. The van der Waals surface area contributed by atoms with Crippen molar-refractivity contribution in [2.45, 2.75) is 19.0 Å². The summed E-state index contributed by atoms with van der Waals surface area (Å²) in [6, 6.07) is 4.05. The molecule has 0 fully saturated rings. The van der Waals surface area contributed by atoms with Crippen LogP contribution in [0.5, 0.6) is 0 Å². The number of carbonyl (C=O) groups is 1. The van der Waals surface area contributed by atoms with E-state index in [-0.39, 0.29) is 11.4 Å². The van der Waals surface area contributed by atoms with Gasteiger partial charge in [0.1, 0.15) is 11.2 Å². The van der Waals surface area contributed by atoms with Crippen LogP contribution in [0, 0.1) is 13.8 Å². The minimum Gasteiger partial charge on any atom is -0.337 e. The summed E-state index contributed by atoms with van der Waals surface area (Å²) in [5, 5.41) is 12.1. The van der Waals surface area contributed by atoms with Gasteiger partial charge < -0.3 is 15.3 Å². The molecular weight excluding hydrogens is 382 g/mol. The van der Waals surface area contributed by atoms with Gasteiger partial charge in [0, 0.05) is 11.6 Å². The standard InChI is InChI=1S/C17H15N7O3S/c1-7-3-4-8(2)12-11(7)13-14(20-12)21-17(24-23-13)28-6-10(25)19-9-5-18-16(27)22-15(9)26/h3-5H,6H2,1-2H3,(H,19,25)(H,20,21,24)(H2,18,22,26,27). The normalized spacial score (nSPS) is 11.2. The Hall–Kier alpha value is -3.47. The number of carbonyl (C=O) groups excluding carboxylic acids is 1. The number of aryl methyl sites for hydroxylation is 2. The fourth-order valence-corrected chi connectivity index (χ4v) is 3.43. The number of amides is 1. The Bertz CT molecular complexity index is 1340. The number of benzene rings is 1. The van der Waals surface area contributed by atoms with E-state index in [4.69, 9.17) is 0 Å². The molecule has 1 aromatic carbocycles. The first-order chi connectivity index (χ1) is 13.4. The summed E-state index contributed by atoms with van der Waals surface area (Å²) in [6.45, 7) is 4.01. The summed E-state index contributed by atoms with van der Waals surface area (Å²) in [4.78, 5) is 46.7. The van der Waals surface area contributed by atoms with Crippen molar-refractivity contribution in [3.05, 3.63) is 50.3 Å². The zero-order valence-corrected chi connectivity index (χ0v) is 15.7. The van der Waals surface area contributed by atoms with Crippen LogP contribution < -0.4 is 16.6 Å². The van der Waals surface area contributed by atoms with Crippen LogP contribution in [0.3, 0.4) is 0 Å². The molecule has 0 spiro atoms. The molecule has 11 heteroatoms. The maximum absolute atomic E-state index is 12.1. The van der Waals surface area contributed by atoms with Gasteiger partial charge in [-0.15, -0.1) is 10.2 Å². The molecular formula is C17H15N7O3S. The minimum atomic E-state index is -0.676. The number of hydrogen-bond donors (Lipinski definition) is 4. The Morgan fingerprint density at radius 2 is 1.93 bits per heavy atom. The highest BCUT2D eigenvalue weighted by atomic mass is 32.2. The topological polar surface area (TPSA) is 149 Å². The van der Waals surface area contributed by atoms with Crippen molar-refractivity contribution in [1.29, 1.82) is 0 Å². The maximum Gasteiger partial charge on any atom is 0.325 e. The molecule has 0 bridgehead atoms. The highest BCUT2D eigenvalue weighted by Gasteiger charge is 2.14. The largest absolute Gasteiger partial charge is 0.337 e. The molecule has 142 valence electrons. The fraction of sp³-hybridized carbons (Fsp3) is 0.176. The van der Waals surface area contributed by atoms with E-state index in [1.54, 1.807) is 0 Å². The van der Waals surface area contributed by atoms with Gasteiger partial charge in [-0.3, -0.25) is 14.6 Å². The van der Waals surface area contributed by atoms with Crippen LogP contribution in [0.1, 0.15) is 11.1 Å². The third-order valence-corrected chi connectivity index (χ3v) is 5.03. The van der Waals surface area contributed by atoms with E-state index < -0.39 is 17.2 Å². The first-order valence-corrected chi connectivity index (χ1v) is 9.28. The Labute approximate surface area is 161 Å². The van der Waals surface area contributed by atoms with E-state index in [9.17, 15) is 14.4 Å². The predicted molar refractivity (Wildman–Crippen MR) is 106 cm³/mol. The number of H-pyrrole nitrogens is 3. The highest BCUT2D eigenvalue weighted by Crippen LogP contribution is 2.28. The molecule has 1 amide bonds. The molecule has 4 N–H and O–H groups in total. The van der Waals surface area contributed by atoms with Gasteiger partial charge in [-0.1, -0.05) is 23.9 Å². The van der Waals surface area contributed by atoms with Crippen LogP contribution in [0.4, 0.5) is 5.69 Å². The number of nitrogens with zero attached hydrogens (tertiary/aromatic N) is 3. The van der Waals surface area contributed by atoms with Crippen LogP contribution in [0.25, 0.3) is 22.1 Å². The lowest BCUT2D eigenvalue weighted by molar-refractivity contribution is -0.113. The van der Waals surface area contributed by atoms with Crippen molar-refractivity contribution < 1.29 is 4.79 Å². The van der Waals surface area contributed by atoms with Crippen LogP contribution in [0.2, 0.25) is 0 Å². The summed E-state index contributed by atoms with van der Waals surface area (Å²) in [6.07, 6.45) is 1.14. The zero-order valence-electron chi connectivity index (χ0n) is 14.9. The molecule has 0 aliphatic carbocycles. The fourth-order valence-electron chi connectivity index (χ4n) is 2.84. The third kappa shape index (κ3) is 3.27. The van der Waals surface area contributed by atoms with Crippen LogP contribution >= 0.6 is 11.8 Å². The monoisotopic (exact) mass is 397 g/mol. The number of fused-ring (bicyclic) bond motifs is 3. The molecule has 0 aliphatic heterocycles. The van der Waals surface area contributed by atoms with Crippen molar-refractivity contribution in [2.75, 3.05) is 11.1 Å². The number of rotatable bonds is 4. The van der Waals surface area contributed by atoms with Crippen molar-refractivity contribution in [1.82, 2.24) is 30.1 Å². The number of aromatic amines is 3. The molecule has 0 radical (unpaired) electrons. The SMILES string of the molecule is Cc1ccc(C)c2c1[nH]c1nc(SCC(=O)Nc3c[nH]c(=O)[nH]c3=O)nnc12. The first-order valence-electron chi connectivity index (χ1n) is 8.29. The van der Waals surface area contributed by atoms with Gasteiger partial charge in [-0.05, 0) is 25.0 Å². The van der Waals surface area contributed by atoms with Crippen molar-refractivity contribution >= 4 is 45.4 Å². The van der Waals surface area contributed by atoms with Gasteiger partial charge in [-0.2, -0.15) is 0 Å². The summed E-state index contributed by atoms with van der Waals surface area (Å²) in [5.41, 5.74) is 3.05. The number of thioether (sulfide) groups is 1. The molecule has 28 heavy (non-hydrogen) atoms. The predicted octanol–water partition coefficient (Wildman–Crippen LogP) is 1.23. The lowest BCUT2D eigenvalue weighted by Crippen LogP contribution is -2.27. The Morgan fingerprint density at radius 1 is 1.14 bits per heavy atom. The Morgan fingerprint density at radius 3 is 2.71 bits per heavy atom. The van der Waals surface area contributed by atoms with Gasteiger partial charge in [0.25, 0.3) is 5.56 Å². The van der Waals surface area contributed by atoms with E-state index in [2.05, 4.69) is 30.5 Å². The lowest BCUT2D eigenvalue weighted by Gasteiger charge is -2.03. The second-order valence-electron chi connectivity index (χ2n) is 6.19. The number of nitrogens with one attached hydrogen (secondary N) is 4. The second kappa shape index (κ2) is 6.93. The number of aromatic nitrogens is 6.